The third-order valence-corrected chi connectivity index (χ3v) is 3.31. The Morgan fingerprint density at radius 3 is 2.74 bits per heavy atom. The van der Waals surface area contributed by atoms with Crippen LogP contribution < -0.4 is 5.32 Å². The molecule has 0 aromatic heterocycles. The second-order valence-corrected chi connectivity index (χ2v) is 6.60. The first-order chi connectivity index (χ1) is 10.7. The highest BCUT2D eigenvalue weighted by atomic mass is 19.1. The van der Waals surface area contributed by atoms with Crippen LogP contribution in [0.4, 0.5) is 13.6 Å². The number of hydrogen-bond acceptors (Lipinski definition) is 3. The van der Waals surface area contributed by atoms with Crippen molar-refractivity contribution in [2.24, 2.45) is 0 Å². The van der Waals surface area contributed by atoms with E-state index >= 15 is 0 Å². The summed E-state index contributed by atoms with van der Waals surface area (Å²) in [6, 6.07) is 2.58. The predicted molar refractivity (Wildman–Crippen MR) is 82.0 cm³/mol. The molecule has 23 heavy (non-hydrogen) atoms. The average molecular weight is 325 g/mol. The fourth-order valence-corrected chi connectivity index (χ4v) is 2.43. The van der Waals surface area contributed by atoms with Gasteiger partial charge in [0.25, 0.3) is 0 Å². The van der Waals surface area contributed by atoms with E-state index in [2.05, 4.69) is 11.9 Å². The van der Waals surface area contributed by atoms with Crippen LogP contribution in [0.25, 0.3) is 0 Å². The maximum Gasteiger partial charge on any atom is 0.407 e. The highest BCUT2D eigenvalue weighted by molar-refractivity contribution is 5.68. The zero-order chi connectivity index (χ0) is 17.2. The van der Waals surface area contributed by atoms with E-state index in [-0.39, 0.29) is 12.2 Å². The molecule has 1 aromatic carbocycles. The Balaban J connectivity index is 2.21. The molecule has 2 rings (SSSR count). The molecule has 0 unspecified atom stereocenters. The van der Waals surface area contributed by atoms with Crippen LogP contribution in [0.2, 0.25) is 0 Å². The highest BCUT2D eigenvalue weighted by Crippen LogP contribution is 2.32. The van der Waals surface area contributed by atoms with Gasteiger partial charge in [0.15, 0.2) is 0 Å². The van der Waals surface area contributed by atoms with Crippen LogP contribution in [0.3, 0.4) is 0 Å². The van der Waals surface area contributed by atoms with Crippen molar-refractivity contribution in [1.29, 1.82) is 0 Å². The fourth-order valence-electron chi connectivity index (χ4n) is 2.43. The zero-order valence-corrected chi connectivity index (χ0v) is 13.5. The summed E-state index contributed by atoms with van der Waals surface area (Å²) in [5.41, 5.74) is 0.175. The predicted octanol–water partition coefficient (Wildman–Crippen LogP) is 3.88. The molecule has 1 heterocycles. The standard InChI is InChI=1S/C17H21F2NO3/c1-10-7-14(20-16(21)23-17(2,3)4)15(22-9-10)12-8-11(18)5-6-13(12)19/h5-6,8,14-15H,1,7,9H2,2-4H3,(H,20,21)/t14-,15+/m1/s1. The van der Waals surface area contributed by atoms with E-state index in [1.165, 1.54) is 0 Å². The van der Waals surface area contributed by atoms with E-state index in [0.717, 1.165) is 23.8 Å². The van der Waals surface area contributed by atoms with Crippen molar-refractivity contribution in [1.82, 2.24) is 5.32 Å². The number of benzene rings is 1. The summed E-state index contributed by atoms with van der Waals surface area (Å²) in [7, 11) is 0. The van der Waals surface area contributed by atoms with Crippen LogP contribution in [0.5, 0.6) is 0 Å². The van der Waals surface area contributed by atoms with Gasteiger partial charge >= 0.3 is 6.09 Å². The van der Waals surface area contributed by atoms with Gasteiger partial charge < -0.3 is 14.8 Å². The van der Waals surface area contributed by atoms with Crippen molar-refractivity contribution < 1.29 is 23.0 Å². The van der Waals surface area contributed by atoms with Crippen LogP contribution in [0, 0.1) is 11.6 Å². The average Bonchev–Trinajstić information content (AvgIpc) is 2.40. The number of rotatable bonds is 2. The molecule has 0 aliphatic carbocycles. The molecule has 2 atom stereocenters. The van der Waals surface area contributed by atoms with E-state index in [1.807, 2.05) is 0 Å². The van der Waals surface area contributed by atoms with Gasteiger partial charge in [-0.3, -0.25) is 0 Å². The second kappa shape index (κ2) is 6.66. The van der Waals surface area contributed by atoms with Crippen molar-refractivity contribution in [3.8, 4) is 0 Å². The third kappa shape index (κ3) is 4.76. The van der Waals surface area contributed by atoms with Crippen molar-refractivity contribution in [2.75, 3.05) is 6.61 Å². The molecule has 0 spiro atoms. The largest absolute Gasteiger partial charge is 0.444 e. The zero-order valence-electron chi connectivity index (χ0n) is 13.5. The van der Waals surface area contributed by atoms with E-state index in [9.17, 15) is 13.6 Å². The lowest BCUT2D eigenvalue weighted by Crippen LogP contribution is -2.45. The number of hydrogen-bond donors (Lipinski definition) is 1. The van der Waals surface area contributed by atoms with Gasteiger partial charge in [0, 0.05) is 5.56 Å². The number of alkyl carbamates (subject to hydrolysis) is 1. The Bertz CT molecular complexity index is 610. The number of amides is 1. The molecule has 1 amide bonds. The number of ether oxygens (including phenoxy) is 2. The summed E-state index contributed by atoms with van der Waals surface area (Å²) in [5, 5.41) is 2.66. The quantitative estimate of drug-likeness (QED) is 0.840. The molecular formula is C17H21F2NO3. The highest BCUT2D eigenvalue weighted by Gasteiger charge is 2.33. The normalized spacial score (nSPS) is 21.9. The SMILES string of the molecule is C=C1CO[C@@H](c2cc(F)ccc2F)[C@H](NC(=O)OC(C)(C)C)C1. The lowest BCUT2D eigenvalue weighted by molar-refractivity contribution is 0.00328. The maximum atomic E-state index is 14.0. The van der Waals surface area contributed by atoms with E-state index in [1.54, 1.807) is 20.8 Å². The van der Waals surface area contributed by atoms with Gasteiger partial charge in [-0.05, 0) is 51.0 Å². The van der Waals surface area contributed by atoms with Gasteiger partial charge in [-0.15, -0.1) is 0 Å². The Morgan fingerprint density at radius 2 is 2.09 bits per heavy atom. The van der Waals surface area contributed by atoms with Gasteiger partial charge in [-0.25, -0.2) is 13.6 Å². The summed E-state index contributed by atoms with van der Waals surface area (Å²) in [5.74, 6) is -1.15. The van der Waals surface area contributed by atoms with Crippen LogP contribution >= 0.6 is 0 Å². The molecule has 1 saturated heterocycles. The molecule has 1 aromatic rings. The van der Waals surface area contributed by atoms with Crippen LogP contribution in [-0.4, -0.2) is 24.3 Å². The van der Waals surface area contributed by atoms with Crippen molar-refractivity contribution in [3.63, 3.8) is 0 Å². The molecule has 6 heteroatoms. The van der Waals surface area contributed by atoms with Crippen molar-refractivity contribution in [3.05, 3.63) is 47.5 Å². The third-order valence-electron chi connectivity index (χ3n) is 3.31. The molecule has 1 aliphatic heterocycles. The second-order valence-electron chi connectivity index (χ2n) is 6.60. The van der Waals surface area contributed by atoms with Gasteiger partial charge in [-0.2, -0.15) is 0 Å². The minimum atomic E-state index is -0.802. The van der Waals surface area contributed by atoms with Gasteiger partial charge in [0.05, 0.1) is 12.6 Å². The summed E-state index contributed by atoms with van der Waals surface area (Å²) in [6.45, 7) is 9.29. The van der Waals surface area contributed by atoms with Crippen molar-refractivity contribution in [2.45, 2.75) is 44.9 Å². The minimum Gasteiger partial charge on any atom is -0.444 e. The molecule has 1 fully saturated rings. The number of nitrogens with one attached hydrogen (secondary N) is 1. The summed E-state index contributed by atoms with van der Waals surface area (Å²) < 4.78 is 38.2. The molecule has 126 valence electrons. The number of carbonyl (C=O) groups is 1. The van der Waals surface area contributed by atoms with Crippen molar-refractivity contribution >= 4 is 6.09 Å². The van der Waals surface area contributed by atoms with Crippen LogP contribution in [-0.2, 0) is 9.47 Å². The molecular weight excluding hydrogens is 304 g/mol. The molecule has 1 N–H and O–H groups in total. The number of halogens is 2. The molecule has 1 aliphatic rings. The topological polar surface area (TPSA) is 47.6 Å². The lowest BCUT2D eigenvalue weighted by Gasteiger charge is -2.34. The van der Waals surface area contributed by atoms with E-state index in [0.29, 0.717) is 6.42 Å². The number of carbonyl (C=O) groups excluding carboxylic acids is 1. The first-order valence-electron chi connectivity index (χ1n) is 7.38. The van der Waals surface area contributed by atoms with Gasteiger partial charge in [-0.1, -0.05) is 6.58 Å². The van der Waals surface area contributed by atoms with Gasteiger partial charge in [0.1, 0.15) is 23.3 Å². The Hall–Kier alpha value is -1.95. The van der Waals surface area contributed by atoms with Crippen LogP contribution in [0.15, 0.2) is 30.4 Å². The summed E-state index contributed by atoms with van der Waals surface area (Å²) in [6.07, 6.45) is -1.04. The molecule has 0 saturated carbocycles. The monoisotopic (exact) mass is 325 g/mol. The molecule has 0 bridgehead atoms. The molecule has 0 radical (unpaired) electrons. The van der Waals surface area contributed by atoms with E-state index in [4.69, 9.17) is 9.47 Å². The Labute approximate surface area is 134 Å². The summed E-state index contributed by atoms with van der Waals surface area (Å²) >= 11 is 0. The Kier molecular flexibility index (Phi) is 5.04. The summed E-state index contributed by atoms with van der Waals surface area (Å²) in [4.78, 5) is 12.0. The van der Waals surface area contributed by atoms with Crippen LogP contribution in [0.1, 0.15) is 38.9 Å². The smallest absolute Gasteiger partial charge is 0.407 e. The molecule has 4 nitrogen and oxygen atoms in total. The Morgan fingerprint density at radius 1 is 1.39 bits per heavy atom. The van der Waals surface area contributed by atoms with Gasteiger partial charge in [0.2, 0.25) is 0 Å². The minimum absolute atomic E-state index is 0.0681. The van der Waals surface area contributed by atoms with E-state index < -0.39 is 35.5 Å². The first kappa shape index (κ1) is 17.4. The maximum absolute atomic E-state index is 14.0. The fraction of sp³-hybridized carbons (Fsp3) is 0.471. The first-order valence-corrected chi connectivity index (χ1v) is 7.38. The lowest BCUT2D eigenvalue weighted by atomic mass is 9.93.